The molecule has 0 saturated heterocycles. The van der Waals surface area contributed by atoms with Crippen LogP contribution in [0.4, 0.5) is 0 Å². The second-order valence-corrected chi connectivity index (χ2v) is 23.1. The predicted octanol–water partition coefficient (Wildman–Crippen LogP) is 12.0. The minimum atomic E-state index is -0.149. The topological polar surface area (TPSA) is 89.9 Å². The van der Waals surface area contributed by atoms with Crippen molar-refractivity contribution in [2.24, 2.45) is 20.0 Å². The molecule has 5 heterocycles. The zero-order valence-electron chi connectivity index (χ0n) is 41.2. The van der Waals surface area contributed by atoms with Gasteiger partial charge in [0.15, 0.2) is 0 Å². The van der Waals surface area contributed by atoms with Crippen molar-refractivity contribution in [3.63, 3.8) is 0 Å². The summed E-state index contributed by atoms with van der Waals surface area (Å²) in [5.41, 5.74) is 13.8. The molecule has 0 aliphatic carbocycles. The Balaban J connectivity index is 1.34. The van der Waals surface area contributed by atoms with Crippen LogP contribution in [-0.4, -0.2) is 21.6 Å². The zero-order valence-corrected chi connectivity index (χ0v) is 41.2. The third-order valence-corrected chi connectivity index (χ3v) is 14.1. The first kappa shape index (κ1) is 43.4. The first-order chi connectivity index (χ1) is 32.0. The number of benzene rings is 6. The molecular formula is C62H58N4O2. The molecule has 0 radical (unpaired) electrons. The average molecular weight is 891 g/mol. The molecule has 0 amide bonds. The van der Waals surface area contributed by atoms with Crippen LogP contribution < -0.4 is 21.2 Å². The maximum absolute atomic E-state index is 12.3. The van der Waals surface area contributed by atoms with Gasteiger partial charge in [-0.1, -0.05) is 168 Å². The lowest BCUT2D eigenvalue weighted by Crippen LogP contribution is -2.29. The highest BCUT2D eigenvalue weighted by Crippen LogP contribution is 2.42. The number of fused-ring (bicyclic) bond motifs is 9. The predicted molar refractivity (Wildman–Crippen MR) is 282 cm³/mol. The van der Waals surface area contributed by atoms with Gasteiger partial charge in [-0.15, -0.1) is 0 Å². The van der Waals surface area contributed by atoms with E-state index in [0.717, 1.165) is 77.4 Å². The molecule has 2 N–H and O–H groups in total. The third-order valence-electron chi connectivity index (χ3n) is 14.1. The zero-order chi connectivity index (χ0) is 48.0. The number of rotatable bonds is 2. The Labute approximate surface area is 398 Å². The van der Waals surface area contributed by atoms with E-state index in [0.29, 0.717) is 32.9 Å². The van der Waals surface area contributed by atoms with Gasteiger partial charge in [0, 0.05) is 43.5 Å². The molecule has 0 saturated carbocycles. The fraction of sp³-hybridized carbons (Fsp3) is 0.258. The van der Waals surface area contributed by atoms with Crippen LogP contribution in [0.25, 0.3) is 50.5 Å². The van der Waals surface area contributed by atoms with Crippen molar-refractivity contribution in [2.75, 3.05) is 0 Å². The largest absolute Gasteiger partial charge is 0.507 e. The van der Waals surface area contributed by atoms with E-state index in [4.69, 9.17) is 20.0 Å². The fourth-order valence-corrected chi connectivity index (χ4v) is 10.1. The lowest BCUT2D eigenvalue weighted by atomic mass is 9.78. The van der Waals surface area contributed by atoms with Crippen LogP contribution in [0.3, 0.4) is 0 Å². The van der Waals surface area contributed by atoms with Crippen LogP contribution in [0.5, 0.6) is 11.5 Å². The van der Waals surface area contributed by atoms with Crippen molar-refractivity contribution in [2.45, 2.75) is 105 Å². The number of hydrogen-bond acceptors (Lipinski definition) is 6. The maximum atomic E-state index is 12.3. The van der Waals surface area contributed by atoms with Gasteiger partial charge in [-0.3, -0.25) is 0 Å². The smallest absolute Gasteiger partial charge is 0.132 e. The van der Waals surface area contributed by atoms with E-state index in [1.807, 2.05) is 48.6 Å². The Morgan fingerprint density at radius 1 is 0.412 bits per heavy atom. The molecule has 0 unspecified atom stereocenters. The average Bonchev–Trinajstić information content (AvgIpc) is 4.11. The minimum Gasteiger partial charge on any atom is -0.507 e. The summed E-state index contributed by atoms with van der Waals surface area (Å²) in [6, 6.07) is 29.8. The third kappa shape index (κ3) is 6.90. The van der Waals surface area contributed by atoms with E-state index in [-0.39, 0.29) is 33.2 Å². The van der Waals surface area contributed by atoms with Crippen molar-refractivity contribution in [1.82, 2.24) is 0 Å². The first-order valence-corrected chi connectivity index (χ1v) is 23.8. The molecule has 6 heteroatoms. The van der Waals surface area contributed by atoms with Gasteiger partial charge in [-0.25, -0.2) is 20.0 Å². The van der Waals surface area contributed by atoms with Crippen molar-refractivity contribution in [1.29, 1.82) is 0 Å². The maximum Gasteiger partial charge on any atom is 0.132 e. The van der Waals surface area contributed by atoms with Gasteiger partial charge in [0.1, 0.15) is 11.5 Å². The molecule has 0 aromatic heterocycles. The molecule has 6 aromatic carbocycles. The molecule has 6 nitrogen and oxygen atoms in total. The van der Waals surface area contributed by atoms with Crippen LogP contribution >= 0.6 is 0 Å². The van der Waals surface area contributed by atoms with Crippen molar-refractivity contribution >= 4 is 62.0 Å². The summed E-state index contributed by atoms with van der Waals surface area (Å²) in [7, 11) is 0. The highest BCUT2D eigenvalue weighted by molar-refractivity contribution is 6.34. The van der Waals surface area contributed by atoms with Crippen LogP contribution in [0.2, 0.25) is 0 Å². The van der Waals surface area contributed by atoms with Gasteiger partial charge in [0.25, 0.3) is 0 Å². The number of allylic oxidation sites excluding steroid dienone is 6. The quantitative estimate of drug-likeness (QED) is 0.181. The summed E-state index contributed by atoms with van der Waals surface area (Å²) in [5.74, 6) is 0.369. The fourth-order valence-electron chi connectivity index (χ4n) is 10.1. The highest BCUT2D eigenvalue weighted by atomic mass is 16.3. The Morgan fingerprint density at radius 3 is 1.47 bits per heavy atom. The van der Waals surface area contributed by atoms with Crippen LogP contribution in [-0.2, 0) is 21.7 Å². The normalized spacial score (nSPS) is 16.4. The highest BCUT2D eigenvalue weighted by Gasteiger charge is 2.31. The molecule has 0 spiro atoms. The summed E-state index contributed by atoms with van der Waals surface area (Å²) in [4.78, 5) is 22.3. The molecule has 0 atom stereocenters. The second kappa shape index (κ2) is 14.7. The Hall–Kier alpha value is -7.18. The monoisotopic (exact) mass is 890 g/mol. The number of aromatic hydroxyl groups is 2. The molecule has 0 fully saturated rings. The van der Waals surface area contributed by atoms with Gasteiger partial charge in [0.2, 0.25) is 0 Å². The van der Waals surface area contributed by atoms with Crippen molar-refractivity contribution < 1.29 is 10.2 Å². The SMILES string of the molecule is CC(C)(C)c1cc(C2=C3C=CC(=N3)c3c4c(c(O)c5ccccc35)=CC(=C(c3cc(C(C)(C)C)cc(C(C)(C)C)c3)C3=NC(=c5c6c(c(O)c7ccccc57)C=C2N=6)C=C3)N=4)cc(C(C)(C)C)c1. The molecule has 11 rings (SSSR count). The van der Waals surface area contributed by atoms with Crippen molar-refractivity contribution in [3.8, 4) is 11.5 Å². The Morgan fingerprint density at radius 2 is 0.897 bits per heavy atom. The number of nitrogens with zero attached hydrogens (tertiary/aromatic N) is 4. The lowest BCUT2D eigenvalue weighted by Gasteiger charge is -2.27. The van der Waals surface area contributed by atoms with E-state index in [1.54, 1.807) is 0 Å². The van der Waals surface area contributed by atoms with Gasteiger partial charge in [0.05, 0.1) is 44.9 Å². The lowest BCUT2D eigenvalue weighted by molar-refractivity contribution is 0.476. The van der Waals surface area contributed by atoms with Crippen LogP contribution in [0.15, 0.2) is 146 Å². The number of aliphatic imine (C=N–C) groups is 2. The molecule has 8 bridgehead atoms. The first-order valence-electron chi connectivity index (χ1n) is 23.8. The van der Waals surface area contributed by atoms with Gasteiger partial charge in [-0.05, 0) is 102 Å². The second-order valence-electron chi connectivity index (χ2n) is 23.1. The summed E-state index contributed by atoms with van der Waals surface area (Å²) in [6.45, 7) is 27.0. The molecule has 5 aliphatic rings. The molecule has 338 valence electrons. The Bertz CT molecular complexity index is 3750. The van der Waals surface area contributed by atoms with Gasteiger partial charge < -0.3 is 10.2 Å². The van der Waals surface area contributed by atoms with Gasteiger partial charge in [-0.2, -0.15) is 0 Å². The molecule has 5 aliphatic heterocycles. The minimum absolute atomic E-state index is 0.149. The van der Waals surface area contributed by atoms with Gasteiger partial charge >= 0.3 is 0 Å². The number of phenols is 2. The standard InChI is InChI=1S/C62H58N4O2/c1-59(2,3)35-25-33(26-36(29-35)60(4,5)6)51-45-21-23-47(63-45)53-39-17-13-16-20-42(39)58(68)44-32-50(66-56(44)53)52(34-27-37(61(7,8)9)30-38(28-34)62(10,11)12)46-22-24-48(64-46)54-40-18-14-15-19-41(40)57(67)43-31-49(51)65-55(43)54/h13-32,67-68H,1-12H3. The van der Waals surface area contributed by atoms with E-state index in [2.05, 4.69) is 156 Å². The van der Waals surface area contributed by atoms with E-state index < -0.39 is 0 Å². The summed E-state index contributed by atoms with van der Waals surface area (Å²) >= 11 is 0. The van der Waals surface area contributed by atoms with E-state index >= 15 is 0 Å². The van der Waals surface area contributed by atoms with E-state index in [9.17, 15) is 10.2 Å². The molecule has 6 aromatic rings. The summed E-state index contributed by atoms with van der Waals surface area (Å²) in [5, 5.41) is 30.6. The van der Waals surface area contributed by atoms with E-state index in [1.165, 1.54) is 22.3 Å². The Kier molecular flexibility index (Phi) is 9.35. The van der Waals surface area contributed by atoms with Crippen molar-refractivity contribution in [3.05, 3.63) is 192 Å². The number of hydrogen-bond donors (Lipinski definition) is 2. The molecule has 68 heavy (non-hydrogen) atoms. The summed E-state index contributed by atoms with van der Waals surface area (Å²) < 4.78 is 0. The molecular weight excluding hydrogens is 833 g/mol. The summed E-state index contributed by atoms with van der Waals surface area (Å²) in [6.07, 6.45) is 12.4. The van der Waals surface area contributed by atoms with Crippen LogP contribution in [0, 0.1) is 0 Å². The van der Waals surface area contributed by atoms with Crippen LogP contribution in [0.1, 0.15) is 128 Å². The number of phenolic OH excluding ortho intramolecular Hbond substituents is 2.